The van der Waals surface area contributed by atoms with Gasteiger partial charge in [-0.25, -0.2) is 0 Å². The maximum atomic E-state index is 12.9. The smallest absolute Gasteiger partial charge is 0.306 e. The van der Waals surface area contributed by atoms with Gasteiger partial charge in [0.05, 0.1) is 19.8 Å². The highest BCUT2D eigenvalue weighted by Crippen LogP contribution is 2.26. The van der Waals surface area contributed by atoms with Gasteiger partial charge in [-0.1, -0.05) is 142 Å². The third-order valence-corrected chi connectivity index (χ3v) is 11.5. The van der Waals surface area contributed by atoms with Crippen molar-refractivity contribution in [2.24, 2.45) is 0 Å². The normalized spacial score (nSPS) is 27.4. The number of esters is 2. The van der Waals surface area contributed by atoms with Gasteiger partial charge in [0.1, 0.15) is 55.4 Å². The van der Waals surface area contributed by atoms with Crippen molar-refractivity contribution in [1.82, 2.24) is 0 Å². The highest BCUT2D eigenvalue weighted by atomic mass is 16.7. The number of unbranched alkanes of at least 4 members (excludes halogenated alkanes) is 20. The molecule has 15 heteroatoms. The Hall–Kier alpha value is -1.76. The van der Waals surface area contributed by atoms with Gasteiger partial charge in [0, 0.05) is 12.8 Å². The van der Waals surface area contributed by atoms with E-state index in [1.807, 2.05) is 0 Å². The Balaban J connectivity index is 1.82. The molecule has 0 radical (unpaired) electrons. The van der Waals surface area contributed by atoms with E-state index in [4.69, 9.17) is 28.4 Å². The van der Waals surface area contributed by atoms with E-state index in [-0.39, 0.29) is 26.1 Å². The molecule has 61 heavy (non-hydrogen) atoms. The summed E-state index contributed by atoms with van der Waals surface area (Å²) in [4.78, 5) is 25.6. The van der Waals surface area contributed by atoms with Gasteiger partial charge in [-0.2, -0.15) is 0 Å². The second-order valence-electron chi connectivity index (χ2n) is 16.9. The van der Waals surface area contributed by atoms with E-state index < -0.39 is 92.7 Å². The second kappa shape index (κ2) is 34.6. The molecule has 0 amide bonds. The van der Waals surface area contributed by atoms with Gasteiger partial charge in [-0.05, 0) is 32.1 Å². The lowest BCUT2D eigenvalue weighted by Gasteiger charge is -2.42. The fraction of sp³-hybridized carbons (Fsp3) is 0.913. The first-order chi connectivity index (χ1) is 29.5. The summed E-state index contributed by atoms with van der Waals surface area (Å²) in [6.07, 6.45) is 14.0. The number of carbonyl (C=O) groups is 2. The summed E-state index contributed by atoms with van der Waals surface area (Å²) in [7, 11) is 0. The number of aliphatic hydroxyl groups is 7. The van der Waals surface area contributed by atoms with Crippen molar-refractivity contribution in [2.75, 3.05) is 26.4 Å². The summed E-state index contributed by atoms with van der Waals surface area (Å²) in [6.45, 7) is 2.54. The number of rotatable bonds is 36. The van der Waals surface area contributed by atoms with Crippen LogP contribution >= 0.6 is 0 Å². The third-order valence-electron chi connectivity index (χ3n) is 11.5. The first-order valence-corrected chi connectivity index (χ1v) is 23.8. The fourth-order valence-electron chi connectivity index (χ4n) is 7.49. The van der Waals surface area contributed by atoms with Crippen LogP contribution in [0.25, 0.3) is 0 Å². The molecule has 0 saturated carbocycles. The largest absolute Gasteiger partial charge is 0.462 e. The molecule has 0 aliphatic carbocycles. The van der Waals surface area contributed by atoms with Crippen LogP contribution in [0.2, 0.25) is 0 Å². The number of aliphatic hydroxyl groups excluding tert-OH is 7. The Labute approximate surface area is 365 Å². The van der Waals surface area contributed by atoms with Gasteiger partial charge in [-0.15, -0.1) is 0 Å². The standard InChI is InChI=1S/C46H84O15/c1-3-5-7-9-11-13-15-16-17-18-19-21-22-24-26-28-37(48)56-31-34(59-38(49)29-27-25-23-20-14-12-10-8-6-4-2)32-57-45-44(55)42(53)40(51)36(61-45)33-58-46-43(54)41(52)39(50)35(30-47)60-46/h9,11,34-36,39-47,50-55H,3-8,10,12-33H2,1-2H3/b11-9+/t34-,35-,36-,39+,40+,41?,42?,43?,44?,45-,46-/m1/s1. The van der Waals surface area contributed by atoms with E-state index in [0.29, 0.717) is 12.8 Å². The Morgan fingerprint density at radius 3 is 1.49 bits per heavy atom. The minimum Gasteiger partial charge on any atom is -0.462 e. The minimum atomic E-state index is -1.76. The van der Waals surface area contributed by atoms with Gasteiger partial charge in [0.15, 0.2) is 18.7 Å². The number of ether oxygens (including phenoxy) is 6. The molecule has 2 saturated heterocycles. The Morgan fingerprint density at radius 2 is 0.951 bits per heavy atom. The summed E-state index contributed by atoms with van der Waals surface area (Å²) < 4.78 is 33.5. The molecule has 11 atom stereocenters. The van der Waals surface area contributed by atoms with Crippen LogP contribution in [0, 0.1) is 0 Å². The average molecular weight is 877 g/mol. The van der Waals surface area contributed by atoms with Crippen molar-refractivity contribution in [3.8, 4) is 0 Å². The molecule has 15 nitrogen and oxygen atoms in total. The Kier molecular flexibility index (Phi) is 31.4. The van der Waals surface area contributed by atoms with Crippen LogP contribution in [0.3, 0.4) is 0 Å². The summed E-state index contributed by atoms with van der Waals surface area (Å²) in [6, 6.07) is 0. The van der Waals surface area contributed by atoms with E-state index in [0.717, 1.165) is 38.5 Å². The van der Waals surface area contributed by atoms with Crippen molar-refractivity contribution in [3.05, 3.63) is 12.2 Å². The number of hydrogen-bond donors (Lipinski definition) is 7. The van der Waals surface area contributed by atoms with Crippen molar-refractivity contribution in [3.63, 3.8) is 0 Å². The molecule has 2 aliphatic rings. The summed E-state index contributed by atoms with van der Waals surface area (Å²) in [5.41, 5.74) is 0. The Morgan fingerprint density at radius 1 is 0.508 bits per heavy atom. The lowest BCUT2D eigenvalue weighted by atomic mass is 9.98. The molecule has 2 rings (SSSR count). The number of allylic oxidation sites excluding steroid dienone is 2. The highest BCUT2D eigenvalue weighted by Gasteiger charge is 2.47. The molecule has 2 fully saturated rings. The van der Waals surface area contributed by atoms with Crippen molar-refractivity contribution < 1.29 is 73.8 Å². The molecule has 2 heterocycles. The zero-order valence-electron chi connectivity index (χ0n) is 37.4. The van der Waals surface area contributed by atoms with Crippen molar-refractivity contribution >= 4 is 11.9 Å². The summed E-state index contributed by atoms with van der Waals surface area (Å²) in [5.74, 6) is -0.924. The van der Waals surface area contributed by atoms with Crippen LogP contribution in [0.5, 0.6) is 0 Å². The molecule has 0 bridgehead atoms. The highest BCUT2D eigenvalue weighted by molar-refractivity contribution is 5.70. The van der Waals surface area contributed by atoms with Crippen LogP contribution in [-0.4, -0.2) is 142 Å². The minimum absolute atomic E-state index is 0.169. The molecule has 4 unspecified atom stereocenters. The zero-order valence-corrected chi connectivity index (χ0v) is 37.4. The Bertz CT molecular complexity index is 1120. The van der Waals surface area contributed by atoms with Crippen LogP contribution < -0.4 is 0 Å². The molecule has 0 aromatic carbocycles. The fourth-order valence-corrected chi connectivity index (χ4v) is 7.49. The monoisotopic (exact) mass is 877 g/mol. The van der Waals surface area contributed by atoms with E-state index in [1.165, 1.54) is 96.3 Å². The van der Waals surface area contributed by atoms with E-state index in [2.05, 4.69) is 26.0 Å². The first-order valence-electron chi connectivity index (χ1n) is 23.8. The summed E-state index contributed by atoms with van der Waals surface area (Å²) in [5, 5.41) is 71.8. The molecular formula is C46H84O15. The molecule has 2 aliphatic heterocycles. The SMILES string of the molecule is CCCC/C=C/CCCCCCCCCCCC(=O)OC[C@H](CO[C@@H]1O[C@H](CO[C@@H]2O[C@H](CO)[C@H](O)C(O)C2O)[C@H](O)C(O)C1O)OC(=O)CCCCCCCCCCCC. The predicted molar refractivity (Wildman–Crippen MR) is 229 cm³/mol. The lowest BCUT2D eigenvalue weighted by Crippen LogP contribution is -2.61. The molecular weight excluding hydrogens is 792 g/mol. The van der Waals surface area contributed by atoms with Crippen LogP contribution in [0.1, 0.15) is 174 Å². The third kappa shape index (κ3) is 23.7. The van der Waals surface area contributed by atoms with E-state index in [9.17, 15) is 45.3 Å². The van der Waals surface area contributed by atoms with Gasteiger partial charge < -0.3 is 64.2 Å². The maximum Gasteiger partial charge on any atom is 0.306 e. The second-order valence-corrected chi connectivity index (χ2v) is 16.9. The van der Waals surface area contributed by atoms with Gasteiger partial charge in [-0.3, -0.25) is 9.59 Å². The van der Waals surface area contributed by atoms with Crippen molar-refractivity contribution in [1.29, 1.82) is 0 Å². The maximum absolute atomic E-state index is 12.9. The van der Waals surface area contributed by atoms with E-state index >= 15 is 0 Å². The average Bonchev–Trinajstić information content (AvgIpc) is 3.25. The number of carbonyl (C=O) groups excluding carboxylic acids is 2. The number of hydrogen-bond acceptors (Lipinski definition) is 15. The molecule has 0 spiro atoms. The zero-order chi connectivity index (χ0) is 44.7. The van der Waals surface area contributed by atoms with Gasteiger partial charge in [0.25, 0.3) is 0 Å². The summed E-state index contributed by atoms with van der Waals surface area (Å²) >= 11 is 0. The van der Waals surface area contributed by atoms with Crippen LogP contribution in [-0.2, 0) is 38.0 Å². The van der Waals surface area contributed by atoms with E-state index in [1.54, 1.807) is 0 Å². The first kappa shape index (κ1) is 55.4. The van der Waals surface area contributed by atoms with Crippen LogP contribution in [0.15, 0.2) is 12.2 Å². The van der Waals surface area contributed by atoms with Crippen molar-refractivity contribution in [2.45, 2.75) is 242 Å². The van der Waals surface area contributed by atoms with Gasteiger partial charge >= 0.3 is 11.9 Å². The molecule has 358 valence electrons. The molecule has 0 aromatic rings. The predicted octanol–water partition coefficient (Wildman–Crippen LogP) is 5.43. The lowest BCUT2D eigenvalue weighted by molar-refractivity contribution is -0.332. The topological polar surface area (TPSA) is 231 Å². The van der Waals surface area contributed by atoms with Gasteiger partial charge in [0.2, 0.25) is 0 Å². The quantitative estimate of drug-likeness (QED) is 0.0236. The molecule has 7 N–H and O–H groups in total. The van der Waals surface area contributed by atoms with Crippen LogP contribution in [0.4, 0.5) is 0 Å². The molecule has 0 aromatic heterocycles.